The maximum Gasteiger partial charge on any atom is 0.128 e. The third-order valence-electron chi connectivity index (χ3n) is 3.50. The second kappa shape index (κ2) is 5.02. The molecular weight excluding hydrogens is 251 g/mol. The molecule has 20 heavy (non-hydrogen) atoms. The average molecular weight is 266 g/mol. The van der Waals surface area contributed by atoms with Gasteiger partial charge < -0.3 is 5.73 Å². The maximum atomic E-state index is 14.0. The highest BCUT2D eigenvalue weighted by molar-refractivity contribution is 5.82. The van der Waals surface area contributed by atoms with Crippen LogP contribution < -0.4 is 5.73 Å². The molecule has 1 heterocycles. The number of hydrogen-bond donors (Lipinski definition) is 1. The summed E-state index contributed by atoms with van der Waals surface area (Å²) in [6.07, 6.45) is 1.74. The number of nitrogens with two attached hydrogens (primary N) is 1. The van der Waals surface area contributed by atoms with E-state index in [4.69, 9.17) is 5.73 Å². The van der Waals surface area contributed by atoms with Gasteiger partial charge in [0.25, 0.3) is 0 Å². The van der Waals surface area contributed by atoms with Crippen molar-refractivity contribution in [2.24, 2.45) is 5.73 Å². The van der Waals surface area contributed by atoms with Crippen molar-refractivity contribution in [1.82, 2.24) is 4.98 Å². The van der Waals surface area contributed by atoms with Crippen LogP contribution in [0.1, 0.15) is 22.7 Å². The second-order valence-electron chi connectivity index (χ2n) is 4.92. The van der Waals surface area contributed by atoms with Crippen molar-refractivity contribution in [3.05, 3.63) is 77.2 Å². The molecule has 0 fully saturated rings. The zero-order valence-electron chi connectivity index (χ0n) is 11.2. The van der Waals surface area contributed by atoms with Gasteiger partial charge in [0.05, 0.1) is 11.6 Å². The largest absolute Gasteiger partial charge is 0.320 e. The summed E-state index contributed by atoms with van der Waals surface area (Å²) in [7, 11) is 0. The summed E-state index contributed by atoms with van der Waals surface area (Å²) in [5, 5.41) is 0.961. The van der Waals surface area contributed by atoms with Gasteiger partial charge in [0.1, 0.15) is 5.82 Å². The van der Waals surface area contributed by atoms with E-state index in [1.807, 2.05) is 37.3 Å². The quantitative estimate of drug-likeness (QED) is 0.767. The number of halogens is 1. The van der Waals surface area contributed by atoms with E-state index >= 15 is 0 Å². The van der Waals surface area contributed by atoms with Gasteiger partial charge in [-0.1, -0.05) is 35.9 Å². The molecule has 3 aromatic rings. The number of aromatic nitrogens is 1. The third kappa shape index (κ3) is 2.17. The van der Waals surface area contributed by atoms with Crippen LogP contribution in [-0.2, 0) is 0 Å². The molecule has 0 amide bonds. The molecule has 1 atom stereocenters. The Hall–Kier alpha value is -2.26. The van der Waals surface area contributed by atoms with Gasteiger partial charge in [-0.25, -0.2) is 4.39 Å². The Morgan fingerprint density at radius 3 is 2.75 bits per heavy atom. The Kier molecular flexibility index (Phi) is 3.20. The van der Waals surface area contributed by atoms with Crippen molar-refractivity contribution in [2.45, 2.75) is 13.0 Å². The van der Waals surface area contributed by atoms with E-state index < -0.39 is 6.04 Å². The Bertz CT molecular complexity index is 763. The van der Waals surface area contributed by atoms with Crippen LogP contribution in [0.3, 0.4) is 0 Å². The van der Waals surface area contributed by atoms with Crippen molar-refractivity contribution < 1.29 is 4.39 Å². The Balaban J connectivity index is 2.17. The fourth-order valence-electron chi connectivity index (χ4n) is 2.47. The van der Waals surface area contributed by atoms with E-state index in [2.05, 4.69) is 4.98 Å². The van der Waals surface area contributed by atoms with Crippen molar-refractivity contribution in [3.8, 4) is 0 Å². The van der Waals surface area contributed by atoms with E-state index in [0.717, 1.165) is 22.0 Å². The van der Waals surface area contributed by atoms with Crippen LogP contribution in [0.2, 0.25) is 0 Å². The monoisotopic (exact) mass is 266 g/mol. The molecule has 2 nitrogen and oxygen atoms in total. The molecule has 1 unspecified atom stereocenters. The van der Waals surface area contributed by atoms with Crippen LogP contribution in [0.4, 0.5) is 4.39 Å². The highest BCUT2D eigenvalue weighted by Gasteiger charge is 2.16. The molecule has 0 aliphatic carbocycles. The summed E-state index contributed by atoms with van der Waals surface area (Å²) in [6, 6.07) is 14.1. The van der Waals surface area contributed by atoms with Gasteiger partial charge in [0, 0.05) is 17.1 Å². The summed E-state index contributed by atoms with van der Waals surface area (Å²) in [4.78, 5) is 4.31. The molecule has 3 rings (SSSR count). The molecule has 0 spiro atoms. The van der Waals surface area contributed by atoms with Crippen molar-refractivity contribution in [2.75, 3.05) is 0 Å². The lowest BCUT2D eigenvalue weighted by Crippen LogP contribution is -2.14. The number of hydrogen-bond acceptors (Lipinski definition) is 2. The lowest BCUT2D eigenvalue weighted by atomic mass is 9.94. The molecule has 0 radical (unpaired) electrons. The minimum atomic E-state index is -0.497. The molecule has 0 bridgehead atoms. The average Bonchev–Trinajstić information content (AvgIpc) is 2.48. The first-order chi connectivity index (χ1) is 9.66. The minimum absolute atomic E-state index is 0.274. The number of nitrogens with zero attached hydrogens (tertiary/aromatic N) is 1. The van der Waals surface area contributed by atoms with E-state index in [9.17, 15) is 4.39 Å². The first-order valence-electron chi connectivity index (χ1n) is 6.52. The SMILES string of the molecule is Cc1ccc(F)c(C(N)c2cccc3ncccc23)c1. The van der Waals surface area contributed by atoms with Crippen molar-refractivity contribution >= 4 is 10.9 Å². The first kappa shape index (κ1) is 12.8. The molecule has 1 aromatic heterocycles. The lowest BCUT2D eigenvalue weighted by molar-refractivity contribution is 0.599. The predicted octanol–water partition coefficient (Wildman–Crippen LogP) is 3.73. The minimum Gasteiger partial charge on any atom is -0.320 e. The standard InChI is InChI=1S/C17H15FN2/c1-11-7-8-15(18)14(10-11)17(19)13-4-2-6-16-12(13)5-3-9-20-16/h2-10,17H,19H2,1H3. The summed E-state index contributed by atoms with van der Waals surface area (Å²) in [6.45, 7) is 1.93. The molecule has 3 heteroatoms. The molecule has 2 aromatic carbocycles. The number of benzene rings is 2. The van der Waals surface area contributed by atoms with Crippen LogP contribution >= 0.6 is 0 Å². The van der Waals surface area contributed by atoms with Crippen molar-refractivity contribution in [1.29, 1.82) is 0 Å². The topological polar surface area (TPSA) is 38.9 Å². The Morgan fingerprint density at radius 1 is 1.05 bits per heavy atom. The maximum absolute atomic E-state index is 14.0. The smallest absolute Gasteiger partial charge is 0.128 e. The fourth-order valence-corrected chi connectivity index (χ4v) is 2.47. The number of aryl methyl sites for hydroxylation is 1. The summed E-state index contributed by atoms with van der Waals surface area (Å²) in [5.41, 5.74) is 9.55. The van der Waals surface area contributed by atoms with Gasteiger partial charge in [0.2, 0.25) is 0 Å². The molecule has 2 N–H and O–H groups in total. The Labute approximate surface area is 117 Å². The highest BCUT2D eigenvalue weighted by Crippen LogP contribution is 2.28. The lowest BCUT2D eigenvalue weighted by Gasteiger charge is -2.16. The van der Waals surface area contributed by atoms with E-state index in [1.54, 1.807) is 18.3 Å². The number of rotatable bonds is 2. The second-order valence-corrected chi connectivity index (χ2v) is 4.92. The molecule has 0 aliphatic rings. The van der Waals surface area contributed by atoms with Crippen molar-refractivity contribution in [3.63, 3.8) is 0 Å². The number of pyridine rings is 1. The van der Waals surface area contributed by atoms with Gasteiger partial charge >= 0.3 is 0 Å². The number of fused-ring (bicyclic) bond motifs is 1. The molecule has 0 saturated heterocycles. The van der Waals surface area contributed by atoms with Crippen LogP contribution in [-0.4, -0.2) is 4.98 Å². The Morgan fingerprint density at radius 2 is 1.90 bits per heavy atom. The summed E-state index contributed by atoms with van der Waals surface area (Å²) < 4.78 is 14.0. The van der Waals surface area contributed by atoms with Gasteiger partial charge in [0.15, 0.2) is 0 Å². The van der Waals surface area contributed by atoms with Crippen LogP contribution in [0.25, 0.3) is 10.9 Å². The third-order valence-corrected chi connectivity index (χ3v) is 3.50. The van der Waals surface area contributed by atoms with E-state index in [-0.39, 0.29) is 5.82 Å². The molecule has 100 valence electrons. The van der Waals surface area contributed by atoms with E-state index in [0.29, 0.717) is 5.56 Å². The molecular formula is C17H15FN2. The van der Waals surface area contributed by atoms with Gasteiger partial charge in [-0.15, -0.1) is 0 Å². The highest BCUT2D eigenvalue weighted by atomic mass is 19.1. The predicted molar refractivity (Wildman–Crippen MR) is 78.9 cm³/mol. The van der Waals surface area contributed by atoms with Gasteiger partial charge in [-0.3, -0.25) is 4.98 Å². The van der Waals surface area contributed by atoms with Crippen LogP contribution in [0.15, 0.2) is 54.7 Å². The van der Waals surface area contributed by atoms with Gasteiger partial charge in [-0.2, -0.15) is 0 Å². The van der Waals surface area contributed by atoms with Crippen LogP contribution in [0, 0.1) is 12.7 Å². The fraction of sp³-hybridized carbons (Fsp3) is 0.118. The summed E-state index contributed by atoms with van der Waals surface area (Å²) in [5.74, 6) is -0.274. The van der Waals surface area contributed by atoms with Crippen LogP contribution in [0.5, 0.6) is 0 Å². The van der Waals surface area contributed by atoms with E-state index in [1.165, 1.54) is 6.07 Å². The normalized spacial score (nSPS) is 12.6. The summed E-state index contributed by atoms with van der Waals surface area (Å²) >= 11 is 0. The molecule has 0 aliphatic heterocycles. The zero-order valence-corrected chi connectivity index (χ0v) is 11.2. The molecule has 0 saturated carbocycles. The first-order valence-corrected chi connectivity index (χ1v) is 6.52. The zero-order chi connectivity index (χ0) is 14.1. The van der Waals surface area contributed by atoms with Gasteiger partial charge in [-0.05, 0) is 30.7 Å².